The van der Waals surface area contributed by atoms with Gasteiger partial charge >= 0.3 is 35.8 Å². The zero-order valence-corrected chi connectivity index (χ0v) is 13.1. The van der Waals surface area contributed by atoms with Crippen LogP contribution >= 0.6 is 0 Å². The fourth-order valence-corrected chi connectivity index (χ4v) is 1.54. The van der Waals surface area contributed by atoms with Crippen LogP contribution < -0.4 is 0 Å². The highest BCUT2D eigenvalue weighted by Gasteiger charge is 2.27. The molecular weight excluding hydrogens is 344 g/mol. The normalized spacial score (nSPS) is 11.2. The maximum Gasteiger partial charge on any atom is 0.317 e. The Balaban J connectivity index is 4.51. The molecule has 140 valence electrons. The smallest absolute Gasteiger partial charge is 0.317 e. The van der Waals surface area contributed by atoms with Crippen LogP contribution in [0.25, 0.3) is 0 Å². The molecule has 0 aromatic carbocycles. The Morgan fingerprint density at radius 2 is 1.20 bits per heavy atom. The van der Waals surface area contributed by atoms with Gasteiger partial charge in [0.15, 0.2) is 0 Å². The largest absolute Gasteiger partial charge is 0.481 e. The molecule has 0 aliphatic heterocycles. The van der Waals surface area contributed by atoms with E-state index < -0.39 is 80.4 Å². The third kappa shape index (κ3) is 11.4. The molecule has 0 bridgehead atoms. The van der Waals surface area contributed by atoms with Gasteiger partial charge < -0.3 is 24.8 Å². The lowest BCUT2D eigenvalue weighted by Gasteiger charge is -2.13. The van der Waals surface area contributed by atoms with Crippen LogP contribution in [-0.2, 0) is 38.2 Å². The van der Waals surface area contributed by atoms with Crippen molar-refractivity contribution in [2.24, 2.45) is 5.92 Å². The number of carboxylic acid groups (broad SMARTS) is 2. The molecule has 0 amide bonds. The highest BCUT2D eigenvalue weighted by molar-refractivity contribution is 5.92. The predicted molar refractivity (Wildman–Crippen MR) is 75.7 cm³/mol. The van der Waals surface area contributed by atoms with Gasteiger partial charge in [-0.25, -0.2) is 0 Å². The molecule has 0 fully saturated rings. The van der Waals surface area contributed by atoms with Crippen molar-refractivity contribution in [1.82, 2.24) is 0 Å². The van der Waals surface area contributed by atoms with Gasteiger partial charge in [-0.3, -0.25) is 28.8 Å². The van der Waals surface area contributed by atoms with Crippen molar-refractivity contribution in [3.05, 3.63) is 0 Å². The summed E-state index contributed by atoms with van der Waals surface area (Å²) in [5.74, 6) is -8.32. The molecule has 11 heteroatoms. The van der Waals surface area contributed by atoms with Crippen molar-refractivity contribution in [2.75, 3.05) is 6.61 Å². The van der Waals surface area contributed by atoms with E-state index in [1.807, 2.05) is 0 Å². The standard InChI is InChI=1S/C14H18O11/c15-6-5-8(14(23)25-12(21)4-2-10(18)19)7-13(22)24-11(20)3-1-9(16)17/h8,15H,1-7H2,(H,16,17)(H,18,19). The first-order valence-electron chi connectivity index (χ1n) is 7.18. The molecule has 0 spiro atoms. The SMILES string of the molecule is O=C(O)CCC(=O)OC(=O)CC(CCO)C(=O)OC(=O)CCC(=O)O. The van der Waals surface area contributed by atoms with E-state index in [2.05, 4.69) is 9.47 Å². The lowest BCUT2D eigenvalue weighted by molar-refractivity contribution is -0.169. The summed E-state index contributed by atoms with van der Waals surface area (Å²) in [7, 11) is 0. The average Bonchev–Trinajstić information content (AvgIpc) is 2.50. The van der Waals surface area contributed by atoms with Gasteiger partial charge in [0, 0.05) is 6.61 Å². The Bertz CT molecular complexity index is 537. The van der Waals surface area contributed by atoms with Gasteiger partial charge in [0.25, 0.3) is 0 Å². The van der Waals surface area contributed by atoms with Gasteiger partial charge in [0.1, 0.15) is 0 Å². The van der Waals surface area contributed by atoms with Crippen LogP contribution in [0.2, 0.25) is 0 Å². The first-order valence-corrected chi connectivity index (χ1v) is 7.18. The van der Waals surface area contributed by atoms with Crippen molar-refractivity contribution in [1.29, 1.82) is 0 Å². The molecule has 0 saturated carbocycles. The molecule has 0 aromatic rings. The second-order valence-corrected chi connectivity index (χ2v) is 4.84. The quantitative estimate of drug-likeness (QED) is 0.310. The molecular formula is C14H18O11. The lowest BCUT2D eigenvalue weighted by Crippen LogP contribution is -2.26. The number of hydrogen-bond acceptors (Lipinski definition) is 9. The monoisotopic (exact) mass is 362 g/mol. The topological polar surface area (TPSA) is 182 Å². The number of carboxylic acids is 2. The Kier molecular flexibility index (Phi) is 10.4. The fourth-order valence-electron chi connectivity index (χ4n) is 1.54. The number of carbonyl (C=O) groups excluding carboxylic acids is 4. The van der Waals surface area contributed by atoms with E-state index in [0.717, 1.165) is 0 Å². The molecule has 11 nitrogen and oxygen atoms in total. The summed E-state index contributed by atoms with van der Waals surface area (Å²) in [5, 5.41) is 25.7. The number of aliphatic carboxylic acids is 2. The van der Waals surface area contributed by atoms with Gasteiger partial charge in [-0.2, -0.15) is 0 Å². The van der Waals surface area contributed by atoms with Crippen LogP contribution in [0.1, 0.15) is 38.5 Å². The Morgan fingerprint density at radius 1 is 0.720 bits per heavy atom. The molecule has 0 heterocycles. The Labute approximate surface area is 141 Å². The number of hydrogen-bond donors (Lipinski definition) is 3. The van der Waals surface area contributed by atoms with E-state index in [-0.39, 0.29) is 6.42 Å². The van der Waals surface area contributed by atoms with Crippen LogP contribution in [0, 0.1) is 5.92 Å². The second kappa shape index (κ2) is 11.7. The molecule has 0 radical (unpaired) electrons. The number of ether oxygens (including phenoxy) is 2. The van der Waals surface area contributed by atoms with E-state index in [1.165, 1.54) is 0 Å². The summed E-state index contributed by atoms with van der Waals surface area (Å²) in [6, 6.07) is 0. The zero-order valence-electron chi connectivity index (χ0n) is 13.1. The Hall–Kier alpha value is -2.82. The van der Waals surface area contributed by atoms with Crippen molar-refractivity contribution in [3.63, 3.8) is 0 Å². The minimum atomic E-state index is -1.28. The zero-order chi connectivity index (χ0) is 19.4. The molecule has 1 unspecified atom stereocenters. The predicted octanol–water partition coefficient (Wildman–Crippen LogP) is -0.756. The highest BCUT2D eigenvalue weighted by atomic mass is 16.6. The van der Waals surface area contributed by atoms with Crippen molar-refractivity contribution in [3.8, 4) is 0 Å². The molecule has 3 N–H and O–H groups in total. The van der Waals surface area contributed by atoms with Crippen LogP contribution in [0.15, 0.2) is 0 Å². The highest BCUT2D eigenvalue weighted by Crippen LogP contribution is 2.13. The van der Waals surface area contributed by atoms with E-state index >= 15 is 0 Å². The van der Waals surface area contributed by atoms with Gasteiger partial charge in [0.05, 0.1) is 38.0 Å². The number of aliphatic hydroxyl groups is 1. The van der Waals surface area contributed by atoms with Gasteiger partial charge in [-0.15, -0.1) is 0 Å². The lowest BCUT2D eigenvalue weighted by atomic mass is 10.0. The first-order chi connectivity index (χ1) is 11.6. The second-order valence-electron chi connectivity index (χ2n) is 4.84. The summed E-state index contributed by atoms with van der Waals surface area (Å²) in [6.07, 6.45) is -3.11. The van der Waals surface area contributed by atoms with E-state index in [4.69, 9.17) is 15.3 Å². The van der Waals surface area contributed by atoms with Gasteiger partial charge in [-0.1, -0.05) is 0 Å². The fraction of sp³-hybridized carbons (Fsp3) is 0.571. The summed E-state index contributed by atoms with van der Waals surface area (Å²) in [5.41, 5.74) is 0. The minimum absolute atomic E-state index is 0.260. The molecule has 0 saturated heterocycles. The summed E-state index contributed by atoms with van der Waals surface area (Å²) < 4.78 is 8.70. The van der Waals surface area contributed by atoms with Crippen molar-refractivity contribution in [2.45, 2.75) is 38.5 Å². The number of carbonyl (C=O) groups is 6. The van der Waals surface area contributed by atoms with E-state index in [1.54, 1.807) is 0 Å². The summed E-state index contributed by atoms with van der Waals surface area (Å²) >= 11 is 0. The molecule has 0 aromatic heterocycles. The van der Waals surface area contributed by atoms with E-state index in [9.17, 15) is 28.8 Å². The minimum Gasteiger partial charge on any atom is -0.481 e. The number of rotatable bonds is 11. The third-order valence-corrected chi connectivity index (χ3v) is 2.75. The van der Waals surface area contributed by atoms with Crippen LogP contribution in [0.3, 0.4) is 0 Å². The molecule has 0 aliphatic carbocycles. The van der Waals surface area contributed by atoms with Crippen LogP contribution in [0.5, 0.6) is 0 Å². The summed E-state index contributed by atoms with van der Waals surface area (Å²) in [6.45, 7) is -0.524. The van der Waals surface area contributed by atoms with Crippen molar-refractivity contribution >= 4 is 35.8 Å². The number of aliphatic hydroxyl groups excluding tert-OH is 1. The molecule has 1 atom stereocenters. The number of esters is 4. The summed E-state index contributed by atoms with van der Waals surface area (Å²) in [4.78, 5) is 66.4. The van der Waals surface area contributed by atoms with Crippen LogP contribution in [-0.4, -0.2) is 57.7 Å². The maximum absolute atomic E-state index is 11.8. The Morgan fingerprint density at radius 3 is 1.64 bits per heavy atom. The van der Waals surface area contributed by atoms with Crippen LogP contribution in [0.4, 0.5) is 0 Å². The third-order valence-electron chi connectivity index (χ3n) is 2.75. The molecule has 0 aliphatic rings. The molecule has 0 rings (SSSR count). The average molecular weight is 362 g/mol. The van der Waals surface area contributed by atoms with Crippen molar-refractivity contribution < 1.29 is 53.6 Å². The van der Waals surface area contributed by atoms with Gasteiger partial charge in [-0.05, 0) is 6.42 Å². The first kappa shape index (κ1) is 22.2. The maximum atomic E-state index is 11.8. The molecule has 25 heavy (non-hydrogen) atoms. The van der Waals surface area contributed by atoms with E-state index in [0.29, 0.717) is 0 Å². The van der Waals surface area contributed by atoms with Gasteiger partial charge in [0.2, 0.25) is 0 Å².